The van der Waals surface area contributed by atoms with E-state index in [0.717, 1.165) is 29.2 Å². The zero-order chi connectivity index (χ0) is 15.4. The highest BCUT2D eigenvalue weighted by atomic mass is 35.5. The Kier molecular flexibility index (Phi) is 5.27. The fourth-order valence-corrected chi connectivity index (χ4v) is 2.63. The van der Waals surface area contributed by atoms with Gasteiger partial charge in [0.1, 0.15) is 0 Å². The van der Waals surface area contributed by atoms with Crippen molar-refractivity contribution >= 4 is 23.0 Å². The Morgan fingerprint density at radius 3 is 2.38 bits per heavy atom. The predicted octanol–water partition coefficient (Wildman–Crippen LogP) is 4.56. The van der Waals surface area contributed by atoms with Gasteiger partial charge in [0, 0.05) is 29.5 Å². The van der Waals surface area contributed by atoms with E-state index >= 15 is 0 Å². The van der Waals surface area contributed by atoms with Crippen LogP contribution in [0.3, 0.4) is 0 Å². The first-order valence-corrected chi connectivity index (χ1v) is 7.75. The van der Waals surface area contributed by atoms with Gasteiger partial charge in [0.25, 0.3) is 0 Å². The van der Waals surface area contributed by atoms with E-state index in [2.05, 4.69) is 49.2 Å². The van der Waals surface area contributed by atoms with E-state index in [0.29, 0.717) is 0 Å². The minimum atomic E-state index is 0.126. The molecule has 0 bridgehead atoms. The molecule has 2 N–H and O–H groups in total. The van der Waals surface area contributed by atoms with Gasteiger partial charge in [-0.25, -0.2) is 0 Å². The molecule has 0 saturated heterocycles. The van der Waals surface area contributed by atoms with Crippen LogP contribution in [0.25, 0.3) is 0 Å². The second-order valence-electron chi connectivity index (χ2n) is 5.53. The standard InChI is InChI=1S/C18H23ClN2/c1-4-14-5-9-17(10-6-14)21(3)18-12-16(19)8-7-15(18)11-13(2)20/h5-10,12-13H,4,11,20H2,1-3H3. The van der Waals surface area contributed by atoms with E-state index in [1.54, 1.807) is 0 Å². The van der Waals surface area contributed by atoms with E-state index in [1.807, 2.05) is 19.1 Å². The van der Waals surface area contributed by atoms with Crippen molar-refractivity contribution in [1.82, 2.24) is 0 Å². The molecule has 0 aliphatic rings. The van der Waals surface area contributed by atoms with Crippen LogP contribution in [-0.2, 0) is 12.8 Å². The van der Waals surface area contributed by atoms with Crippen LogP contribution < -0.4 is 10.6 Å². The molecule has 2 aromatic carbocycles. The zero-order valence-electron chi connectivity index (χ0n) is 12.9. The van der Waals surface area contributed by atoms with Gasteiger partial charge in [0.05, 0.1) is 0 Å². The average molecular weight is 303 g/mol. The lowest BCUT2D eigenvalue weighted by Crippen LogP contribution is -2.20. The summed E-state index contributed by atoms with van der Waals surface area (Å²) in [4.78, 5) is 2.17. The maximum Gasteiger partial charge on any atom is 0.0456 e. The quantitative estimate of drug-likeness (QED) is 0.877. The minimum Gasteiger partial charge on any atom is -0.344 e. The second-order valence-corrected chi connectivity index (χ2v) is 5.97. The number of rotatable bonds is 5. The van der Waals surface area contributed by atoms with Gasteiger partial charge in [0.2, 0.25) is 0 Å². The van der Waals surface area contributed by atoms with E-state index in [4.69, 9.17) is 17.3 Å². The number of halogens is 1. The third kappa shape index (κ3) is 3.99. The van der Waals surface area contributed by atoms with Crippen LogP contribution >= 0.6 is 11.6 Å². The van der Waals surface area contributed by atoms with Crippen molar-refractivity contribution in [3.63, 3.8) is 0 Å². The molecule has 0 spiro atoms. The molecule has 0 aliphatic heterocycles. The topological polar surface area (TPSA) is 29.3 Å². The van der Waals surface area contributed by atoms with Crippen LogP contribution in [0.4, 0.5) is 11.4 Å². The molecular formula is C18H23ClN2. The summed E-state index contributed by atoms with van der Waals surface area (Å²) in [5, 5.41) is 0.746. The lowest BCUT2D eigenvalue weighted by Gasteiger charge is -2.24. The molecule has 3 heteroatoms. The van der Waals surface area contributed by atoms with E-state index in [-0.39, 0.29) is 6.04 Å². The van der Waals surface area contributed by atoms with E-state index in [9.17, 15) is 0 Å². The summed E-state index contributed by atoms with van der Waals surface area (Å²) in [7, 11) is 2.07. The Morgan fingerprint density at radius 2 is 1.81 bits per heavy atom. The fourth-order valence-electron chi connectivity index (χ4n) is 2.46. The van der Waals surface area contributed by atoms with Crippen LogP contribution in [0.2, 0.25) is 5.02 Å². The summed E-state index contributed by atoms with van der Waals surface area (Å²) in [6.45, 7) is 4.19. The van der Waals surface area contributed by atoms with Gasteiger partial charge in [0.15, 0.2) is 0 Å². The Labute approximate surface area is 132 Å². The van der Waals surface area contributed by atoms with Crippen molar-refractivity contribution in [3.05, 3.63) is 58.6 Å². The summed E-state index contributed by atoms with van der Waals surface area (Å²) in [6, 6.07) is 14.8. The van der Waals surface area contributed by atoms with Crippen LogP contribution in [0.15, 0.2) is 42.5 Å². The van der Waals surface area contributed by atoms with Crippen LogP contribution in [0.1, 0.15) is 25.0 Å². The Bertz CT molecular complexity index is 591. The smallest absolute Gasteiger partial charge is 0.0456 e. The Balaban J connectivity index is 2.36. The van der Waals surface area contributed by atoms with Gasteiger partial charge in [-0.1, -0.05) is 36.7 Å². The number of nitrogens with two attached hydrogens (primary N) is 1. The Hall–Kier alpha value is -1.51. The highest BCUT2D eigenvalue weighted by Gasteiger charge is 2.11. The van der Waals surface area contributed by atoms with Crippen LogP contribution in [0, 0.1) is 0 Å². The molecule has 0 fully saturated rings. The lowest BCUT2D eigenvalue weighted by molar-refractivity contribution is 0.737. The fraction of sp³-hybridized carbons (Fsp3) is 0.333. The van der Waals surface area contributed by atoms with Crippen LogP contribution in [0.5, 0.6) is 0 Å². The molecular weight excluding hydrogens is 280 g/mol. The molecule has 2 aromatic rings. The number of anilines is 2. The molecule has 0 aromatic heterocycles. The highest BCUT2D eigenvalue weighted by Crippen LogP contribution is 2.30. The van der Waals surface area contributed by atoms with Crippen molar-refractivity contribution in [2.24, 2.45) is 5.73 Å². The molecule has 0 aliphatic carbocycles. The SMILES string of the molecule is CCc1ccc(N(C)c2cc(Cl)ccc2CC(C)N)cc1. The molecule has 0 saturated carbocycles. The van der Waals surface area contributed by atoms with E-state index < -0.39 is 0 Å². The summed E-state index contributed by atoms with van der Waals surface area (Å²) >= 11 is 6.17. The molecule has 0 radical (unpaired) electrons. The molecule has 0 heterocycles. The number of hydrogen-bond donors (Lipinski definition) is 1. The molecule has 0 amide bonds. The number of aryl methyl sites for hydroxylation is 1. The Morgan fingerprint density at radius 1 is 1.14 bits per heavy atom. The largest absolute Gasteiger partial charge is 0.344 e. The second kappa shape index (κ2) is 6.97. The normalized spacial score (nSPS) is 12.2. The van der Waals surface area contributed by atoms with Crippen LogP contribution in [-0.4, -0.2) is 13.1 Å². The third-order valence-corrected chi connectivity index (χ3v) is 3.92. The van der Waals surface area contributed by atoms with Crippen molar-refractivity contribution < 1.29 is 0 Å². The molecule has 1 atom stereocenters. The van der Waals surface area contributed by atoms with Gasteiger partial charge in [-0.3, -0.25) is 0 Å². The van der Waals surface area contributed by atoms with Gasteiger partial charge in [-0.15, -0.1) is 0 Å². The maximum atomic E-state index is 6.17. The van der Waals surface area contributed by atoms with Gasteiger partial charge >= 0.3 is 0 Å². The maximum absolute atomic E-state index is 6.17. The number of nitrogens with zero attached hydrogens (tertiary/aromatic N) is 1. The first-order valence-electron chi connectivity index (χ1n) is 7.38. The van der Waals surface area contributed by atoms with Crippen molar-refractivity contribution in [1.29, 1.82) is 0 Å². The van der Waals surface area contributed by atoms with E-state index in [1.165, 1.54) is 11.1 Å². The molecule has 112 valence electrons. The number of hydrogen-bond acceptors (Lipinski definition) is 2. The van der Waals surface area contributed by atoms with Crippen molar-refractivity contribution in [2.45, 2.75) is 32.7 Å². The predicted molar refractivity (Wildman–Crippen MR) is 92.7 cm³/mol. The lowest BCUT2D eigenvalue weighted by atomic mass is 10.0. The highest BCUT2D eigenvalue weighted by molar-refractivity contribution is 6.30. The average Bonchev–Trinajstić information content (AvgIpc) is 2.48. The van der Waals surface area contributed by atoms with Gasteiger partial charge < -0.3 is 10.6 Å². The minimum absolute atomic E-state index is 0.126. The summed E-state index contributed by atoms with van der Waals surface area (Å²) in [5.74, 6) is 0. The molecule has 1 unspecified atom stereocenters. The van der Waals surface area contributed by atoms with Crippen molar-refractivity contribution in [3.8, 4) is 0 Å². The molecule has 2 nitrogen and oxygen atoms in total. The van der Waals surface area contributed by atoms with Crippen molar-refractivity contribution in [2.75, 3.05) is 11.9 Å². The third-order valence-electron chi connectivity index (χ3n) is 3.68. The molecule has 2 rings (SSSR count). The summed E-state index contributed by atoms with van der Waals surface area (Å²) < 4.78 is 0. The first kappa shape index (κ1) is 15.9. The van der Waals surface area contributed by atoms with Gasteiger partial charge in [-0.2, -0.15) is 0 Å². The summed E-state index contributed by atoms with van der Waals surface area (Å²) in [6.07, 6.45) is 1.89. The first-order chi connectivity index (χ1) is 10.0. The zero-order valence-corrected chi connectivity index (χ0v) is 13.7. The monoisotopic (exact) mass is 302 g/mol. The molecule has 21 heavy (non-hydrogen) atoms. The number of benzene rings is 2. The van der Waals surface area contributed by atoms with Gasteiger partial charge in [-0.05, 0) is 55.2 Å². The summed E-state index contributed by atoms with van der Waals surface area (Å²) in [5.41, 5.74) is 10.8.